The average Bonchev–Trinajstić information content (AvgIpc) is 2.86. The quantitative estimate of drug-likeness (QED) is 0.907. The van der Waals surface area contributed by atoms with Crippen LogP contribution in [0.5, 0.6) is 0 Å². The number of anilines is 1. The zero-order chi connectivity index (χ0) is 13.2. The third-order valence-corrected chi connectivity index (χ3v) is 4.70. The normalized spacial score (nSPS) is 26.5. The van der Waals surface area contributed by atoms with Crippen molar-refractivity contribution in [1.29, 1.82) is 0 Å². The molecule has 1 saturated heterocycles. The molecule has 1 aromatic carbocycles. The summed E-state index contributed by atoms with van der Waals surface area (Å²) >= 11 is 0. The van der Waals surface area contributed by atoms with Crippen molar-refractivity contribution in [3.8, 4) is 0 Å². The molecule has 2 atom stereocenters. The maximum absolute atomic E-state index is 13.8. The SMILES string of the molecule is NCCc1cc(F)cc(N2CCCC3CCCC32)c1. The van der Waals surface area contributed by atoms with Crippen LogP contribution in [0.4, 0.5) is 10.1 Å². The predicted molar refractivity (Wildman–Crippen MR) is 76.9 cm³/mol. The third kappa shape index (κ3) is 2.62. The van der Waals surface area contributed by atoms with Crippen molar-refractivity contribution in [2.24, 2.45) is 11.7 Å². The summed E-state index contributed by atoms with van der Waals surface area (Å²) in [6.45, 7) is 1.65. The van der Waals surface area contributed by atoms with E-state index in [-0.39, 0.29) is 5.82 Å². The van der Waals surface area contributed by atoms with Crippen LogP contribution < -0.4 is 10.6 Å². The van der Waals surface area contributed by atoms with Gasteiger partial charge in [-0.15, -0.1) is 0 Å². The molecule has 0 radical (unpaired) electrons. The second-order valence-corrected chi connectivity index (χ2v) is 5.95. The minimum Gasteiger partial charge on any atom is -0.368 e. The zero-order valence-electron chi connectivity index (χ0n) is 11.4. The van der Waals surface area contributed by atoms with Gasteiger partial charge >= 0.3 is 0 Å². The highest BCUT2D eigenvalue weighted by atomic mass is 19.1. The molecule has 0 spiro atoms. The average molecular weight is 262 g/mol. The lowest BCUT2D eigenvalue weighted by atomic mass is 9.91. The molecular formula is C16H23FN2. The van der Waals surface area contributed by atoms with E-state index in [9.17, 15) is 4.39 Å². The van der Waals surface area contributed by atoms with E-state index in [0.29, 0.717) is 12.6 Å². The molecule has 0 amide bonds. The molecular weight excluding hydrogens is 239 g/mol. The van der Waals surface area contributed by atoms with E-state index >= 15 is 0 Å². The second kappa shape index (κ2) is 5.49. The van der Waals surface area contributed by atoms with Crippen molar-refractivity contribution in [1.82, 2.24) is 0 Å². The minimum atomic E-state index is -0.124. The maximum Gasteiger partial charge on any atom is 0.125 e. The van der Waals surface area contributed by atoms with Crippen LogP contribution in [0.15, 0.2) is 18.2 Å². The summed E-state index contributed by atoms with van der Waals surface area (Å²) in [5.41, 5.74) is 7.68. The Labute approximate surface area is 114 Å². The molecule has 1 heterocycles. The topological polar surface area (TPSA) is 29.3 Å². The van der Waals surface area contributed by atoms with E-state index in [4.69, 9.17) is 5.73 Å². The summed E-state index contributed by atoms with van der Waals surface area (Å²) in [6, 6.07) is 6.09. The number of fused-ring (bicyclic) bond motifs is 1. The fourth-order valence-corrected chi connectivity index (χ4v) is 3.88. The number of nitrogens with zero attached hydrogens (tertiary/aromatic N) is 1. The Balaban J connectivity index is 1.87. The first-order valence-corrected chi connectivity index (χ1v) is 7.54. The monoisotopic (exact) mass is 262 g/mol. The third-order valence-electron chi connectivity index (χ3n) is 4.70. The van der Waals surface area contributed by atoms with Crippen LogP contribution in [0.3, 0.4) is 0 Å². The second-order valence-electron chi connectivity index (χ2n) is 5.95. The molecule has 104 valence electrons. The summed E-state index contributed by atoms with van der Waals surface area (Å²) in [5.74, 6) is 0.705. The van der Waals surface area contributed by atoms with Gasteiger partial charge in [0.1, 0.15) is 5.82 Å². The Kier molecular flexibility index (Phi) is 3.74. The van der Waals surface area contributed by atoms with Crippen LogP contribution in [0, 0.1) is 11.7 Å². The smallest absolute Gasteiger partial charge is 0.125 e. The molecule has 2 nitrogen and oxygen atoms in total. The molecule has 2 fully saturated rings. The summed E-state index contributed by atoms with van der Waals surface area (Å²) in [5, 5.41) is 0. The van der Waals surface area contributed by atoms with E-state index < -0.39 is 0 Å². The minimum absolute atomic E-state index is 0.124. The standard InChI is InChI=1S/C16H23FN2/c17-14-9-12(6-7-18)10-15(11-14)19-8-2-4-13-3-1-5-16(13)19/h9-11,13,16H,1-8,18H2. The van der Waals surface area contributed by atoms with Crippen molar-refractivity contribution < 1.29 is 4.39 Å². The molecule has 0 aromatic heterocycles. The van der Waals surface area contributed by atoms with Gasteiger partial charge in [-0.25, -0.2) is 4.39 Å². The predicted octanol–water partition coefficient (Wildman–Crippen LogP) is 3.10. The lowest BCUT2D eigenvalue weighted by Crippen LogP contribution is -2.42. The van der Waals surface area contributed by atoms with Gasteiger partial charge in [0.25, 0.3) is 0 Å². The number of nitrogens with two attached hydrogens (primary N) is 1. The van der Waals surface area contributed by atoms with Crippen LogP contribution in [-0.2, 0) is 6.42 Å². The molecule has 0 bridgehead atoms. The highest BCUT2D eigenvalue weighted by Crippen LogP contribution is 2.39. The van der Waals surface area contributed by atoms with Crippen LogP contribution in [-0.4, -0.2) is 19.1 Å². The molecule has 1 saturated carbocycles. The highest BCUT2D eigenvalue weighted by Gasteiger charge is 2.35. The van der Waals surface area contributed by atoms with Gasteiger partial charge in [-0.2, -0.15) is 0 Å². The highest BCUT2D eigenvalue weighted by molar-refractivity contribution is 5.51. The molecule has 2 N–H and O–H groups in total. The summed E-state index contributed by atoms with van der Waals surface area (Å²) in [7, 11) is 0. The van der Waals surface area contributed by atoms with Crippen molar-refractivity contribution in [3.63, 3.8) is 0 Å². The number of benzene rings is 1. The lowest BCUT2D eigenvalue weighted by molar-refractivity contribution is 0.362. The van der Waals surface area contributed by atoms with E-state index in [1.165, 1.54) is 32.1 Å². The van der Waals surface area contributed by atoms with Gasteiger partial charge in [0.05, 0.1) is 0 Å². The first kappa shape index (κ1) is 12.9. The summed E-state index contributed by atoms with van der Waals surface area (Å²) in [6.07, 6.45) is 7.30. The van der Waals surface area contributed by atoms with Crippen molar-refractivity contribution >= 4 is 5.69 Å². The molecule has 3 heteroatoms. The zero-order valence-corrected chi connectivity index (χ0v) is 11.4. The maximum atomic E-state index is 13.8. The number of halogens is 1. The van der Waals surface area contributed by atoms with Gasteiger partial charge in [0.2, 0.25) is 0 Å². The van der Waals surface area contributed by atoms with Gasteiger partial charge in [0.15, 0.2) is 0 Å². The Hall–Kier alpha value is -1.09. The van der Waals surface area contributed by atoms with E-state index in [1.54, 1.807) is 12.1 Å². The van der Waals surface area contributed by atoms with Crippen molar-refractivity contribution in [3.05, 3.63) is 29.6 Å². The van der Waals surface area contributed by atoms with Crippen molar-refractivity contribution in [2.75, 3.05) is 18.0 Å². The first-order chi connectivity index (χ1) is 9.28. The first-order valence-electron chi connectivity index (χ1n) is 7.54. The van der Waals surface area contributed by atoms with E-state index in [0.717, 1.165) is 30.1 Å². The van der Waals surface area contributed by atoms with E-state index in [2.05, 4.69) is 11.0 Å². The fraction of sp³-hybridized carbons (Fsp3) is 0.625. The van der Waals surface area contributed by atoms with Gasteiger partial charge in [-0.1, -0.05) is 6.42 Å². The molecule has 1 aliphatic carbocycles. The Morgan fingerprint density at radius 2 is 2.00 bits per heavy atom. The summed E-state index contributed by atoms with van der Waals surface area (Å²) < 4.78 is 13.8. The van der Waals surface area contributed by atoms with Gasteiger partial charge in [-0.05, 0) is 68.3 Å². The number of hydrogen-bond acceptors (Lipinski definition) is 2. The van der Waals surface area contributed by atoms with E-state index in [1.807, 2.05) is 0 Å². The lowest BCUT2D eigenvalue weighted by Gasteiger charge is -2.39. The van der Waals surface area contributed by atoms with Crippen LogP contribution in [0.1, 0.15) is 37.7 Å². The number of hydrogen-bond donors (Lipinski definition) is 1. The molecule has 1 aliphatic heterocycles. The molecule has 19 heavy (non-hydrogen) atoms. The van der Waals surface area contributed by atoms with Gasteiger partial charge in [-0.3, -0.25) is 0 Å². The van der Waals surface area contributed by atoms with Gasteiger partial charge in [0, 0.05) is 18.3 Å². The Morgan fingerprint density at radius 3 is 2.84 bits per heavy atom. The fourth-order valence-electron chi connectivity index (χ4n) is 3.88. The van der Waals surface area contributed by atoms with Crippen molar-refractivity contribution in [2.45, 2.75) is 44.6 Å². The van der Waals surface area contributed by atoms with Crippen LogP contribution in [0.2, 0.25) is 0 Å². The largest absolute Gasteiger partial charge is 0.368 e. The Bertz CT molecular complexity index is 446. The summed E-state index contributed by atoms with van der Waals surface area (Å²) in [4.78, 5) is 2.45. The number of piperidine rings is 1. The van der Waals surface area contributed by atoms with Crippen LogP contribution >= 0.6 is 0 Å². The van der Waals surface area contributed by atoms with Gasteiger partial charge < -0.3 is 10.6 Å². The van der Waals surface area contributed by atoms with Crippen LogP contribution in [0.25, 0.3) is 0 Å². The Morgan fingerprint density at radius 1 is 1.16 bits per heavy atom. The molecule has 2 aliphatic rings. The molecule has 1 aromatic rings. The molecule has 2 unspecified atom stereocenters. The molecule has 3 rings (SSSR count). The number of rotatable bonds is 3.